The van der Waals surface area contributed by atoms with Crippen molar-refractivity contribution < 1.29 is 5.11 Å². The minimum Gasteiger partial charge on any atom is -0.393 e. The fraction of sp³-hybridized carbons (Fsp3) is 1.00. The monoisotopic (exact) mass is 212 g/mol. The molecule has 1 saturated carbocycles. The number of piperidine rings is 1. The van der Waals surface area contributed by atoms with Crippen LogP contribution >= 0.6 is 0 Å². The lowest BCUT2D eigenvalue weighted by molar-refractivity contribution is 0.0103. The molecular formula is C12H24N2O. The zero-order valence-electron chi connectivity index (χ0n) is 9.73. The summed E-state index contributed by atoms with van der Waals surface area (Å²) in [6.45, 7) is 5.11. The third-order valence-electron chi connectivity index (χ3n) is 4.28. The molecule has 1 aliphatic carbocycles. The zero-order chi connectivity index (χ0) is 10.8. The van der Waals surface area contributed by atoms with Crippen LogP contribution in [0.3, 0.4) is 0 Å². The Morgan fingerprint density at radius 3 is 2.80 bits per heavy atom. The highest BCUT2D eigenvalue weighted by atomic mass is 16.3. The second-order valence-electron chi connectivity index (χ2n) is 5.32. The molecule has 2 rings (SSSR count). The Labute approximate surface area is 92.6 Å². The minimum atomic E-state index is -0.0843. The maximum Gasteiger partial charge on any atom is 0.0590 e. The van der Waals surface area contributed by atoms with Gasteiger partial charge in [0.25, 0.3) is 0 Å². The molecule has 0 bridgehead atoms. The molecule has 2 fully saturated rings. The lowest BCUT2D eigenvalue weighted by atomic mass is 9.93. The Bertz CT molecular complexity index is 210. The first-order valence-corrected chi connectivity index (χ1v) is 6.34. The van der Waals surface area contributed by atoms with Crippen LogP contribution in [0.25, 0.3) is 0 Å². The first-order valence-electron chi connectivity index (χ1n) is 6.34. The molecule has 1 aliphatic heterocycles. The van der Waals surface area contributed by atoms with Crippen LogP contribution in [0.2, 0.25) is 0 Å². The van der Waals surface area contributed by atoms with Gasteiger partial charge in [0.1, 0.15) is 0 Å². The average molecular weight is 212 g/mol. The van der Waals surface area contributed by atoms with Crippen LogP contribution in [0.15, 0.2) is 0 Å². The van der Waals surface area contributed by atoms with E-state index in [1.54, 1.807) is 0 Å². The van der Waals surface area contributed by atoms with E-state index < -0.39 is 0 Å². The SMILES string of the molecule is CC1CN(C2CCCC2CN)CCC1O. The third kappa shape index (κ3) is 2.35. The fourth-order valence-electron chi connectivity index (χ4n) is 3.24. The van der Waals surface area contributed by atoms with Gasteiger partial charge in [-0.15, -0.1) is 0 Å². The molecule has 3 N–H and O–H groups in total. The van der Waals surface area contributed by atoms with Gasteiger partial charge in [0.05, 0.1) is 6.10 Å². The smallest absolute Gasteiger partial charge is 0.0590 e. The van der Waals surface area contributed by atoms with Crippen LogP contribution in [0, 0.1) is 11.8 Å². The van der Waals surface area contributed by atoms with Gasteiger partial charge in [-0.05, 0) is 37.6 Å². The molecule has 0 aromatic heterocycles. The van der Waals surface area contributed by atoms with E-state index in [1.165, 1.54) is 19.3 Å². The Hall–Kier alpha value is -0.120. The highest BCUT2D eigenvalue weighted by Gasteiger charge is 2.35. The van der Waals surface area contributed by atoms with Gasteiger partial charge in [-0.3, -0.25) is 4.90 Å². The maximum absolute atomic E-state index is 9.71. The van der Waals surface area contributed by atoms with E-state index in [4.69, 9.17) is 5.73 Å². The molecule has 0 radical (unpaired) electrons. The Balaban J connectivity index is 1.93. The Kier molecular flexibility index (Phi) is 3.65. The molecule has 1 heterocycles. The molecule has 0 aromatic rings. The van der Waals surface area contributed by atoms with E-state index >= 15 is 0 Å². The fourth-order valence-corrected chi connectivity index (χ4v) is 3.24. The number of aliphatic hydroxyl groups is 1. The molecule has 3 nitrogen and oxygen atoms in total. The maximum atomic E-state index is 9.71. The van der Waals surface area contributed by atoms with Gasteiger partial charge < -0.3 is 10.8 Å². The molecule has 1 saturated heterocycles. The van der Waals surface area contributed by atoms with E-state index in [9.17, 15) is 5.11 Å². The van der Waals surface area contributed by atoms with Crippen molar-refractivity contribution in [3.8, 4) is 0 Å². The van der Waals surface area contributed by atoms with Crippen LogP contribution in [-0.2, 0) is 0 Å². The van der Waals surface area contributed by atoms with Crippen LogP contribution < -0.4 is 5.73 Å². The van der Waals surface area contributed by atoms with Crippen molar-refractivity contribution in [1.29, 1.82) is 0 Å². The summed E-state index contributed by atoms with van der Waals surface area (Å²) in [5, 5.41) is 9.71. The molecular weight excluding hydrogens is 188 g/mol. The predicted octanol–water partition coefficient (Wildman–Crippen LogP) is 0.817. The molecule has 4 unspecified atom stereocenters. The Morgan fingerprint density at radius 2 is 2.13 bits per heavy atom. The Morgan fingerprint density at radius 1 is 1.33 bits per heavy atom. The number of nitrogens with zero attached hydrogens (tertiary/aromatic N) is 1. The number of nitrogens with two attached hydrogens (primary N) is 1. The largest absolute Gasteiger partial charge is 0.393 e. The first kappa shape index (κ1) is 11.4. The first-order chi connectivity index (χ1) is 7.22. The molecule has 0 amide bonds. The van der Waals surface area contributed by atoms with Crippen LogP contribution in [-0.4, -0.2) is 41.8 Å². The highest BCUT2D eigenvalue weighted by molar-refractivity contribution is 4.89. The van der Waals surface area contributed by atoms with Crippen molar-refractivity contribution in [2.24, 2.45) is 17.6 Å². The van der Waals surface area contributed by atoms with E-state index in [2.05, 4.69) is 11.8 Å². The molecule has 15 heavy (non-hydrogen) atoms. The van der Waals surface area contributed by atoms with E-state index in [0.29, 0.717) is 17.9 Å². The van der Waals surface area contributed by atoms with Crippen molar-refractivity contribution in [2.75, 3.05) is 19.6 Å². The summed E-state index contributed by atoms with van der Waals surface area (Å²) in [5.74, 6) is 1.13. The van der Waals surface area contributed by atoms with Crippen molar-refractivity contribution in [1.82, 2.24) is 4.90 Å². The van der Waals surface area contributed by atoms with Crippen molar-refractivity contribution in [3.05, 3.63) is 0 Å². The lowest BCUT2D eigenvalue weighted by Gasteiger charge is -2.40. The number of likely N-dealkylation sites (tertiary alicyclic amines) is 1. The second kappa shape index (κ2) is 4.81. The van der Waals surface area contributed by atoms with Gasteiger partial charge in [0.15, 0.2) is 0 Å². The van der Waals surface area contributed by atoms with E-state index in [0.717, 1.165) is 26.1 Å². The van der Waals surface area contributed by atoms with Crippen molar-refractivity contribution in [2.45, 2.75) is 44.8 Å². The standard InChI is InChI=1S/C12H24N2O/c1-9-8-14(6-5-12(9)15)11-4-2-3-10(11)7-13/h9-12,15H,2-8,13H2,1H3. The summed E-state index contributed by atoms with van der Waals surface area (Å²) in [7, 11) is 0. The third-order valence-corrected chi connectivity index (χ3v) is 4.28. The molecule has 4 atom stereocenters. The van der Waals surface area contributed by atoms with Gasteiger partial charge in [0.2, 0.25) is 0 Å². The summed E-state index contributed by atoms with van der Waals surface area (Å²) in [5.41, 5.74) is 5.82. The van der Waals surface area contributed by atoms with Crippen LogP contribution in [0.4, 0.5) is 0 Å². The number of rotatable bonds is 2. The summed E-state index contributed by atoms with van der Waals surface area (Å²) in [4.78, 5) is 2.57. The minimum absolute atomic E-state index is 0.0843. The average Bonchev–Trinajstić information content (AvgIpc) is 2.70. The topological polar surface area (TPSA) is 49.5 Å². The van der Waals surface area contributed by atoms with E-state index in [1.807, 2.05) is 0 Å². The zero-order valence-corrected chi connectivity index (χ0v) is 9.73. The number of hydrogen-bond acceptors (Lipinski definition) is 3. The van der Waals surface area contributed by atoms with Gasteiger partial charge in [-0.25, -0.2) is 0 Å². The lowest BCUT2D eigenvalue weighted by Crippen LogP contribution is -2.49. The number of hydrogen-bond donors (Lipinski definition) is 2. The van der Waals surface area contributed by atoms with Gasteiger partial charge in [-0.1, -0.05) is 13.3 Å². The predicted molar refractivity (Wildman–Crippen MR) is 61.5 cm³/mol. The van der Waals surface area contributed by atoms with Gasteiger partial charge >= 0.3 is 0 Å². The summed E-state index contributed by atoms with van der Waals surface area (Å²) in [6.07, 6.45) is 4.80. The van der Waals surface area contributed by atoms with E-state index in [-0.39, 0.29) is 6.10 Å². The van der Waals surface area contributed by atoms with Gasteiger partial charge in [0, 0.05) is 19.1 Å². The molecule has 3 heteroatoms. The molecule has 0 spiro atoms. The molecule has 88 valence electrons. The summed E-state index contributed by atoms with van der Waals surface area (Å²) < 4.78 is 0. The molecule has 2 aliphatic rings. The summed E-state index contributed by atoms with van der Waals surface area (Å²) >= 11 is 0. The summed E-state index contributed by atoms with van der Waals surface area (Å²) in [6, 6.07) is 0.699. The van der Waals surface area contributed by atoms with Crippen molar-refractivity contribution in [3.63, 3.8) is 0 Å². The van der Waals surface area contributed by atoms with Crippen molar-refractivity contribution >= 4 is 0 Å². The quantitative estimate of drug-likeness (QED) is 0.712. The number of aliphatic hydroxyl groups excluding tert-OH is 1. The van der Waals surface area contributed by atoms with Crippen LogP contribution in [0.5, 0.6) is 0 Å². The normalized spacial score (nSPS) is 43.4. The van der Waals surface area contributed by atoms with Gasteiger partial charge in [-0.2, -0.15) is 0 Å². The van der Waals surface area contributed by atoms with Crippen LogP contribution in [0.1, 0.15) is 32.6 Å². The highest BCUT2D eigenvalue weighted by Crippen LogP contribution is 2.32. The molecule has 0 aromatic carbocycles. The second-order valence-corrected chi connectivity index (χ2v) is 5.32.